The molecule has 2 N–H and O–H groups in total. The van der Waals surface area contributed by atoms with Crippen LogP contribution in [0.2, 0.25) is 0 Å². The average molecular weight is 214 g/mol. The summed E-state index contributed by atoms with van der Waals surface area (Å²) in [7, 11) is 0. The average Bonchev–Trinajstić information content (AvgIpc) is 2.15. The largest absolute Gasteiger partial charge is 0.479 e. The van der Waals surface area contributed by atoms with Gasteiger partial charge in [-0.15, -0.1) is 0 Å². The number of carbonyl (C=O) groups is 2. The van der Waals surface area contributed by atoms with Crippen molar-refractivity contribution in [2.75, 3.05) is 6.61 Å². The summed E-state index contributed by atoms with van der Waals surface area (Å²) in [5.74, 6) is -3.70. The molecule has 0 fully saturated rings. The van der Waals surface area contributed by atoms with Gasteiger partial charge in [-0.1, -0.05) is 0 Å². The minimum Gasteiger partial charge on any atom is -0.479 e. The van der Waals surface area contributed by atoms with Gasteiger partial charge in [-0.2, -0.15) is 0 Å². The van der Waals surface area contributed by atoms with E-state index in [1.807, 2.05) is 0 Å². The van der Waals surface area contributed by atoms with Crippen LogP contribution in [0.25, 0.3) is 0 Å². The second-order valence-corrected chi connectivity index (χ2v) is 2.63. The molecule has 0 saturated heterocycles. The molecule has 1 aromatic carbocycles. The number of benzene rings is 1. The molecule has 0 aromatic heterocycles. The molecule has 0 aliphatic heterocycles. The van der Waals surface area contributed by atoms with Crippen molar-refractivity contribution < 1.29 is 28.9 Å². The predicted molar refractivity (Wildman–Crippen MR) is 46.5 cm³/mol. The standard InChI is InChI=1S/C9H7FO5/c10-6-3-5(9(13)14)1-2-7(6)15-4-8(11)12/h1-3H,4H2,(H,11,12)(H,13,14). The van der Waals surface area contributed by atoms with Crippen molar-refractivity contribution in [2.45, 2.75) is 0 Å². The SMILES string of the molecule is O=C(O)COc1ccc(C(=O)O)cc1F. The van der Waals surface area contributed by atoms with Gasteiger partial charge in [0.2, 0.25) is 0 Å². The molecule has 0 saturated carbocycles. The lowest BCUT2D eigenvalue weighted by atomic mass is 10.2. The zero-order valence-electron chi connectivity index (χ0n) is 7.44. The van der Waals surface area contributed by atoms with Gasteiger partial charge in [0.1, 0.15) is 0 Å². The molecule has 0 aliphatic carbocycles. The van der Waals surface area contributed by atoms with Crippen molar-refractivity contribution >= 4 is 11.9 Å². The summed E-state index contributed by atoms with van der Waals surface area (Å²) in [5, 5.41) is 16.8. The van der Waals surface area contributed by atoms with Crippen LogP contribution in [-0.2, 0) is 4.79 Å². The summed E-state index contributed by atoms with van der Waals surface area (Å²) in [6.45, 7) is -0.677. The smallest absolute Gasteiger partial charge is 0.341 e. The first kappa shape index (κ1) is 11.0. The Hall–Kier alpha value is -2.11. The van der Waals surface area contributed by atoms with E-state index in [9.17, 15) is 14.0 Å². The minimum atomic E-state index is -1.27. The third-order valence-corrected chi connectivity index (χ3v) is 1.53. The van der Waals surface area contributed by atoms with Crippen LogP contribution in [0.5, 0.6) is 5.75 Å². The lowest BCUT2D eigenvalue weighted by molar-refractivity contribution is -0.139. The van der Waals surface area contributed by atoms with E-state index in [0.717, 1.165) is 18.2 Å². The molecular formula is C9H7FO5. The predicted octanol–water partition coefficient (Wildman–Crippen LogP) is 0.987. The van der Waals surface area contributed by atoms with E-state index >= 15 is 0 Å². The highest BCUT2D eigenvalue weighted by Crippen LogP contribution is 2.18. The maximum absolute atomic E-state index is 13.1. The lowest BCUT2D eigenvalue weighted by Crippen LogP contribution is -2.10. The van der Waals surface area contributed by atoms with Crippen LogP contribution in [0, 0.1) is 5.82 Å². The van der Waals surface area contributed by atoms with E-state index in [1.54, 1.807) is 0 Å². The lowest BCUT2D eigenvalue weighted by Gasteiger charge is -2.04. The first-order chi connectivity index (χ1) is 7.00. The van der Waals surface area contributed by atoms with Crippen molar-refractivity contribution in [3.63, 3.8) is 0 Å². The van der Waals surface area contributed by atoms with Gasteiger partial charge < -0.3 is 14.9 Å². The van der Waals surface area contributed by atoms with Crippen LogP contribution in [0.15, 0.2) is 18.2 Å². The van der Waals surface area contributed by atoms with Gasteiger partial charge in [-0.3, -0.25) is 0 Å². The first-order valence-electron chi connectivity index (χ1n) is 3.88. The normalized spacial score (nSPS) is 9.67. The Bertz CT molecular complexity index is 401. The van der Waals surface area contributed by atoms with E-state index in [4.69, 9.17) is 10.2 Å². The molecule has 0 spiro atoms. The summed E-state index contributed by atoms with van der Waals surface area (Å²) in [6, 6.07) is 2.96. The fourth-order valence-corrected chi connectivity index (χ4v) is 0.890. The molecular weight excluding hydrogens is 207 g/mol. The third-order valence-electron chi connectivity index (χ3n) is 1.53. The van der Waals surface area contributed by atoms with Gasteiger partial charge in [0.25, 0.3) is 0 Å². The molecule has 0 heterocycles. The number of halogens is 1. The van der Waals surface area contributed by atoms with Crippen LogP contribution >= 0.6 is 0 Å². The number of ether oxygens (including phenoxy) is 1. The van der Waals surface area contributed by atoms with Gasteiger partial charge in [0.15, 0.2) is 18.2 Å². The number of carboxylic acid groups (broad SMARTS) is 2. The molecule has 6 heteroatoms. The molecule has 15 heavy (non-hydrogen) atoms. The monoisotopic (exact) mass is 214 g/mol. The van der Waals surface area contributed by atoms with E-state index in [0.29, 0.717) is 0 Å². The Balaban J connectivity index is 2.83. The zero-order chi connectivity index (χ0) is 11.4. The van der Waals surface area contributed by atoms with Crippen LogP contribution < -0.4 is 4.74 Å². The van der Waals surface area contributed by atoms with Crippen molar-refractivity contribution in [3.05, 3.63) is 29.6 Å². The van der Waals surface area contributed by atoms with Crippen LogP contribution in [0.3, 0.4) is 0 Å². The fraction of sp³-hybridized carbons (Fsp3) is 0.111. The fourth-order valence-electron chi connectivity index (χ4n) is 0.890. The van der Waals surface area contributed by atoms with Gasteiger partial charge in [0.05, 0.1) is 5.56 Å². The Morgan fingerprint density at radius 1 is 1.33 bits per heavy atom. The molecule has 0 amide bonds. The molecule has 1 aromatic rings. The summed E-state index contributed by atoms with van der Waals surface area (Å²) in [6.07, 6.45) is 0. The quantitative estimate of drug-likeness (QED) is 0.780. The second-order valence-electron chi connectivity index (χ2n) is 2.63. The number of aromatic carboxylic acids is 1. The first-order valence-corrected chi connectivity index (χ1v) is 3.88. The highest BCUT2D eigenvalue weighted by atomic mass is 19.1. The molecule has 0 unspecified atom stereocenters. The van der Waals surface area contributed by atoms with Gasteiger partial charge >= 0.3 is 11.9 Å². The Labute approximate surface area is 83.7 Å². The van der Waals surface area contributed by atoms with Gasteiger partial charge in [0, 0.05) is 0 Å². The number of rotatable bonds is 4. The van der Waals surface area contributed by atoms with Crippen molar-refractivity contribution in [3.8, 4) is 5.75 Å². The second kappa shape index (κ2) is 4.41. The minimum absolute atomic E-state index is 0.227. The van der Waals surface area contributed by atoms with E-state index in [1.165, 1.54) is 0 Å². The molecule has 80 valence electrons. The Kier molecular flexibility index (Phi) is 3.22. The highest BCUT2D eigenvalue weighted by molar-refractivity contribution is 5.87. The third kappa shape index (κ3) is 2.94. The number of carboxylic acids is 2. The molecule has 0 bridgehead atoms. The number of hydrogen-bond donors (Lipinski definition) is 2. The molecule has 0 atom stereocenters. The molecule has 5 nitrogen and oxygen atoms in total. The molecule has 0 aliphatic rings. The maximum Gasteiger partial charge on any atom is 0.341 e. The van der Waals surface area contributed by atoms with E-state index in [2.05, 4.69) is 4.74 Å². The maximum atomic E-state index is 13.1. The molecule has 1 rings (SSSR count). The highest BCUT2D eigenvalue weighted by Gasteiger charge is 2.09. The van der Waals surface area contributed by atoms with Crippen LogP contribution in [-0.4, -0.2) is 28.8 Å². The Morgan fingerprint density at radius 2 is 2.00 bits per heavy atom. The number of aliphatic carboxylic acids is 1. The summed E-state index contributed by atoms with van der Waals surface area (Å²) in [4.78, 5) is 20.5. The zero-order valence-corrected chi connectivity index (χ0v) is 7.44. The van der Waals surface area contributed by atoms with Crippen molar-refractivity contribution in [2.24, 2.45) is 0 Å². The number of hydrogen-bond acceptors (Lipinski definition) is 3. The van der Waals surface area contributed by atoms with Crippen LogP contribution in [0.1, 0.15) is 10.4 Å². The topological polar surface area (TPSA) is 83.8 Å². The Morgan fingerprint density at radius 3 is 2.47 bits per heavy atom. The molecule has 0 radical (unpaired) electrons. The van der Waals surface area contributed by atoms with E-state index in [-0.39, 0.29) is 11.3 Å². The summed E-state index contributed by atoms with van der Waals surface area (Å²) in [5.41, 5.74) is -0.227. The van der Waals surface area contributed by atoms with Gasteiger partial charge in [-0.25, -0.2) is 14.0 Å². The van der Waals surface area contributed by atoms with E-state index < -0.39 is 24.4 Å². The summed E-state index contributed by atoms with van der Waals surface area (Å²) >= 11 is 0. The van der Waals surface area contributed by atoms with Crippen LogP contribution in [0.4, 0.5) is 4.39 Å². The summed E-state index contributed by atoms with van der Waals surface area (Å²) < 4.78 is 17.6. The van der Waals surface area contributed by atoms with Crippen molar-refractivity contribution in [1.29, 1.82) is 0 Å². The van der Waals surface area contributed by atoms with Crippen molar-refractivity contribution in [1.82, 2.24) is 0 Å². The van der Waals surface area contributed by atoms with Gasteiger partial charge in [-0.05, 0) is 18.2 Å².